The number of amides is 2. The zero-order valence-electron chi connectivity index (χ0n) is 13.1. The number of ether oxygens (including phenoxy) is 1. The van der Waals surface area contributed by atoms with Gasteiger partial charge in [-0.1, -0.05) is 12.1 Å². The van der Waals surface area contributed by atoms with Gasteiger partial charge in [0.1, 0.15) is 11.6 Å². The maximum Gasteiger partial charge on any atom is 0.340 e. The summed E-state index contributed by atoms with van der Waals surface area (Å²) in [7, 11) is 1.26. The van der Waals surface area contributed by atoms with Crippen LogP contribution in [0.4, 0.5) is 10.6 Å². The number of nitrogens with zero attached hydrogens (tertiary/aromatic N) is 2. The number of esters is 1. The maximum absolute atomic E-state index is 12.2. The van der Waals surface area contributed by atoms with Gasteiger partial charge in [-0.05, 0) is 19.1 Å². The number of hydrogen-bond donors (Lipinski definition) is 4. The van der Waals surface area contributed by atoms with E-state index in [0.717, 1.165) is 11.0 Å². The van der Waals surface area contributed by atoms with Crippen LogP contribution in [0.3, 0.4) is 0 Å². The van der Waals surface area contributed by atoms with Crippen molar-refractivity contribution in [1.82, 2.24) is 14.6 Å². The molecule has 2 amide bonds. The monoisotopic (exact) mass is 328 g/mol. The second kappa shape index (κ2) is 5.61. The zero-order valence-corrected chi connectivity index (χ0v) is 13.1. The fourth-order valence-electron chi connectivity index (χ4n) is 2.63. The first-order chi connectivity index (χ1) is 11.4. The molecule has 0 bridgehead atoms. The van der Waals surface area contributed by atoms with E-state index in [1.54, 1.807) is 6.92 Å². The van der Waals surface area contributed by atoms with Crippen molar-refractivity contribution >= 4 is 28.9 Å². The average Bonchev–Trinajstić information content (AvgIpc) is 3.07. The van der Waals surface area contributed by atoms with Crippen molar-refractivity contribution in [3.63, 3.8) is 0 Å². The Bertz CT molecular complexity index is 923. The molecule has 3 rings (SSSR count). The number of carbonyl (C=O) groups is 2. The summed E-state index contributed by atoms with van der Waals surface area (Å²) < 4.78 is 6.07. The Morgan fingerprint density at radius 2 is 2.04 bits per heavy atom. The molecule has 9 heteroatoms. The summed E-state index contributed by atoms with van der Waals surface area (Å²) in [5.74, 6) is -0.0901. The minimum atomic E-state index is -0.813. The molecule has 0 saturated heterocycles. The first-order valence-corrected chi connectivity index (χ1v) is 7.04. The number of aromatic amines is 1. The first kappa shape index (κ1) is 15.4. The standard InChI is InChI=1S/C15H16N6O3/c1-7-10(14(22)24-2)11(12(16)21(7)20-15(17)23)13-18-8-5-3-4-6-9(8)19-13/h3-6H,16H2,1-2H3,(H,18,19)(H3,17,20,23). The molecule has 3 aromatic rings. The number of H-pyrrole nitrogens is 1. The molecule has 0 aliphatic heterocycles. The highest BCUT2D eigenvalue weighted by molar-refractivity contribution is 6.02. The minimum Gasteiger partial charge on any atom is -0.465 e. The largest absolute Gasteiger partial charge is 0.465 e. The van der Waals surface area contributed by atoms with Crippen LogP contribution in [0.2, 0.25) is 0 Å². The highest BCUT2D eigenvalue weighted by Crippen LogP contribution is 2.34. The van der Waals surface area contributed by atoms with Crippen LogP contribution in [-0.2, 0) is 4.74 Å². The molecule has 0 atom stereocenters. The quantitative estimate of drug-likeness (QED) is 0.537. The van der Waals surface area contributed by atoms with Crippen LogP contribution < -0.4 is 16.9 Å². The average molecular weight is 328 g/mol. The lowest BCUT2D eigenvalue weighted by Crippen LogP contribution is -2.30. The van der Waals surface area contributed by atoms with Crippen molar-refractivity contribution in [2.24, 2.45) is 5.73 Å². The van der Waals surface area contributed by atoms with Gasteiger partial charge in [0.05, 0.1) is 35.0 Å². The number of anilines is 1. The van der Waals surface area contributed by atoms with E-state index < -0.39 is 12.0 Å². The molecule has 0 fully saturated rings. The smallest absolute Gasteiger partial charge is 0.340 e. The predicted molar refractivity (Wildman–Crippen MR) is 89.0 cm³/mol. The Labute approximate surface area is 136 Å². The molecule has 0 spiro atoms. The van der Waals surface area contributed by atoms with Crippen molar-refractivity contribution in [2.75, 3.05) is 18.3 Å². The lowest BCUT2D eigenvalue weighted by Gasteiger charge is -2.08. The van der Waals surface area contributed by atoms with Gasteiger partial charge < -0.3 is 21.2 Å². The molecule has 0 aliphatic rings. The number of fused-ring (bicyclic) bond motifs is 1. The number of nitrogens with two attached hydrogens (primary N) is 2. The SMILES string of the molecule is COC(=O)c1c(-c2nc3ccccc3[nH]2)c(N)n(NC(N)=O)c1C. The number of urea groups is 1. The van der Waals surface area contributed by atoms with E-state index in [-0.39, 0.29) is 11.4 Å². The van der Waals surface area contributed by atoms with E-state index in [0.29, 0.717) is 17.1 Å². The second-order valence-corrected chi connectivity index (χ2v) is 5.13. The Morgan fingerprint density at radius 1 is 1.33 bits per heavy atom. The minimum absolute atomic E-state index is 0.116. The molecular weight excluding hydrogens is 312 g/mol. The number of aromatic nitrogens is 3. The summed E-state index contributed by atoms with van der Waals surface area (Å²) in [5, 5.41) is 0. The number of nitrogen functional groups attached to an aromatic ring is 1. The van der Waals surface area contributed by atoms with E-state index in [4.69, 9.17) is 16.2 Å². The van der Waals surface area contributed by atoms with Gasteiger partial charge in [-0.3, -0.25) is 0 Å². The number of methoxy groups -OCH3 is 1. The van der Waals surface area contributed by atoms with Crippen LogP contribution in [0.5, 0.6) is 0 Å². The van der Waals surface area contributed by atoms with Crippen molar-refractivity contribution in [3.05, 3.63) is 35.5 Å². The molecular formula is C15H16N6O3. The van der Waals surface area contributed by atoms with Crippen LogP contribution in [0.25, 0.3) is 22.4 Å². The third kappa shape index (κ3) is 2.32. The molecule has 1 aromatic carbocycles. The fourth-order valence-corrected chi connectivity index (χ4v) is 2.63. The van der Waals surface area contributed by atoms with E-state index in [9.17, 15) is 9.59 Å². The third-order valence-electron chi connectivity index (χ3n) is 3.68. The number of rotatable bonds is 3. The van der Waals surface area contributed by atoms with Gasteiger partial charge in [0.25, 0.3) is 0 Å². The highest BCUT2D eigenvalue weighted by atomic mass is 16.5. The van der Waals surface area contributed by atoms with Crippen LogP contribution in [-0.4, -0.2) is 33.8 Å². The number of benzene rings is 1. The highest BCUT2D eigenvalue weighted by Gasteiger charge is 2.28. The first-order valence-electron chi connectivity index (χ1n) is 7.04. The number of imidazole rings is 1. The molecule has 0 radical (unpaired) electrons. The van der Waals surface area contributed by atoms with Gasteiger partial charge in [0.2, 0.25) is 0 Å². The third-order valence-corrected chi connectivity index (χ3v) is 3.68. The molecule has 0 unspecified atom stereocenters. The van der Waals surface area contributed by atoms with Crippen LogP contribution in [0.15, 0.2) is 24.3 Å². The van der Waals surface area contributed by atoms with Crippen LogP contribution in [0.1, 0.15) is 16.1 Å². The van der Waals surface area contributed by atoms with Crippen molar-refractivity contribution in [3.8, 4) is 11.4 Å². The van der Waals surface area contributed by atoms with Gasteiger partial charge in [0.15, 0.2) is 0 Å². The molecule has 6 N–H and O–H groups in total. The number of para-hydroxylation sites is 2. The van der Waals surface area contributed by atoms with Crippen LogP contribution >= 0.6 is 0 Å². The van der Waals surface area contributed by atoms with Gasteiger partial charge >= 0.3 is 12.0 Å². The number of carbonyl (C=O) groups excluding carboxylic acids is 2. The van der Waals surface area contributed by atoms with E-state index in [2.05, 4.69) is 15.4 Å². The predicted octanol–water partition coefficient (Wildman–Crippen LogP) is 1.33. The molecule has 9 nitrogen and oxygen atoms in total. The zero-order chi connectivity index (χ0) is 17.4. The topological polar surface area (TPSA) is 141 Å². The Balaban J connectivity index is 2.28. The number of nitrogens with one attached hydrogen (secondary N) is 2. The molecule has 0 saturated carbocycles. The maximum atomic E-state index is 12.2. The Hall–Kier alpha value is -3.49. The van der Waals surface area contributed by atoms with Crippen molar-refractivity contribution in [1.29, 1.82) is 0 Å². The summed E-state index contributed by atoms with van der Waals surface area (Å²) in [6.07, 6.45) is 0. The summed E-state index contributed by atoms with van der Waals surface area (Å²) >= 11 is 0. The number of primary amides is 1. The second-order valence-electron chi connectivity index (χ2n) is 5.13. The molecule has 24 heavy (non-hydrogen) atoms. The molecule has 2 aromatic heterocycles. The molecule has 2 heterocycles. The summed E-state index contributed by atoms with van der Waals surface area (Å²) in [5.41, 5.74) is 16.1. The van der Waals surface area contributed by atoms with Gasteiger partial charge in [0, 0.05) is 0 Å². The summed E-state index contributed by atoms with van der Waals surface area (Å²) in [4.78, 5) is 31.0. The Kier molecular flexibility index (Phi) is 3.60. The van der Waals surface area contributed by atoms with Crippen molar-refractivity contribution in [2.45, 2.75) is 6.92 Å². The summed E-state index contributed by atoms with van der Waals surface area (Å²) in [6.45, 7) is 1.62. The lowest BCUT2D eigenvalue weighted by atomic mass is 10.1. The van der Waals surface area contributed by atoms with Gasteiger partial charge in [-0.15, -0.1) is 0 Å². The normalized spacial score (nSPS) is 10.8. The summed E-state index contributed by atoms with van der Waals surface area (Å²) in [6, 6.07) is 6.58. The number of hydrogen-bond acceptors (Lipinski definition) is 5. The van der Waals surface area contributed by atoms with E-state index in [1.807, 2.05) is 24.3 Å². The van der Waals surface area contributed by atoms with E-state index >= 15 is 0 Å². The van der Waals surface area contributed by atoms with Crippen LogP contribution in [0, 0.1) is 6.92 Å². The van der Waals surface area contributed by atoms with Crippen molar-refractivity contribution < 1.29 is 14.3 Å². The lowest BCUT2D eigenvalue weighted by molar-refractivity contribution is 0.0600. The molecule has 124 valence electrons. The van der Waals surface area contributed by atoms with Gasteiger partial charge in [-0.2, -0.15) is 0 Å². The molecule has 0 aliphatic carbocycles. The van der Waals surface area contributed by atoms with E-state index in [1.165, 1.54) is 11.8 Å². The van der Waals surface area contributed by atoms with Gasteiger partial charge in [-0.25, -0.2) is 24.7 Å². The fraction of sp³-hybridized carbons (Fsp3) is 0.133. The Morgan fingerprint density at radius 3 is 2.67 bits per heavy atom.